The van der Waals surface area contributed by atoms with Gasteiger partial charge in [0.15, 0.2) is 0 Å². The van der Waals surface area contributed by atoms with Crippen LogP contribution in [0.15, 0.2) is 35.5 Å². The summed E-state index contributed by atoms with van der Waals surface area (Å²) < 4.78 is 0. The third-order valence-corrected chi connectivity index (χ3v) is 4.61. The van der Waals surface area contributed by atoms with Crippen molar-refractivity contribution in [1.29, 1.82) is 0 Å². The lowest BCUT2D eigenvalue weighted by Crippen LogP contribution is -2.21. The fourth-order valence-corrected chi connectivity index (χ4v) is 2.82. The monoisotopic (exact) mass is 290 g/mol. The summed E-state index contributed by atoms with van der Waals surface area (Å²) in [7, 11) is 0. The summed E-state index contributed by atoms with van der Waals surface area (Å²) in [6, 6.07) is 0. The topological polar surface area (TPSA) is 20.2 Å². The second-order valence-electron chi connectivity index (χ2n) is 7.34. The first-order valence-electron chi connectivity index (χ1n) is 8.53. The van der Waals surface area contributed by atoms with Crippen LogP contribution in [0.4, 0.5) is 0 Å². The molecule has 0 saturated heterocycles. The highest BCUT2D eigenvalue weighted by molar-refractivity contribution is 5.08. The van der Waals surface area contributed by atoms with Gasteiger partial charge in [-0.2, -0.15) is 0 Å². The maximum absolute atomic E-state index is 10.5. The van der Waals surface area contributed by atoms with Crippen LogP contribution in [0.3, 0.4) is 0 Å². The van der Waals surface area contributed by atoms with Crippen molar-refractivity contribution in [2.24, 2.45) is 11.8 Å². The molecule has 0 radical (unpaired) electrons. The predicted octanol–water partition coefficient (Wildman–Crippen LogP) is 5.81. The highest BCUT2D eigenvalue weighted by Gasteiger charge is 2.17. The van der Waals surface area contributed by atoms with Gasteiger partial charge in [0.1, 0.15) is 0 Å². The summed E-state index contributed by atoms with van der Waals surface area (Å²) in [6.45, 7) is 10.9. The maximum Gasteiger partial charge on any atom is 0.0802 e. The molecule has 0 amide bonds. The van der Waals surface area contributed by atoms with Gasteiger partial charge >= 0.3 is 0 Å². The first kappa shape index (κ1) is 18.2. The highest BCUT2D eigenvalue weighted by atomic mass is 16.3. The van der Waals surface area contributed by atoms with Crippen molar-refractivity contribution in [2.75, 3.05) is 0 Å². The number of hydrogen-bond donors (Lipinski definition) is 1. The van der Waals surface area contributed by atoms with Gasteiger partial charge in [-0.15, -0.1) is 0 Å². The molecule has 0 saturated carbocycles. The third-order valence-electron chi connectivity index (χ3n) is 4.61. The summed E-state index contributed by atoms with van der Waals surface area (Å²) >= 11 is 0. The lowest BCUT2D eigenvalue weighted by Gasteiger charge is -2.22. The molecule has 1 rings (SSSR count). The quantitative estimate of drug-likeness (QED) is 0.604. The van der Waals surface area contributed by atoms with E-state index in [9.17, 15) is 5.11 Å². The fraction of sp³-hybridized carbons (Fsp3) is 0.700. The van der Waals surface area contributed by atoms with Crippen LogP contribution in [-0.2, 0) is 0 Å². The lowest BCUT2D eigenvalue weighted by atomic mass is 9.87. The fourth-order valence-electron chi connectivity index (χ4n) is 2.82. The van der Waals surface area contributed by atoms with Crippen molar-refractivity contribution < 1.29 is 5.11 Å². The van der Waals surface area contributed by atoms with Crippen LogP contribution >= 0.6 is 0 Å². The summed E-state index contributed by atoms with van der Waals surface area (Å²) in [6.07, 6.45) is 15.4. The van der Waals surface area contributed by atoms with E-state index in [1.54, 1.807) is 0 Å². The van der Waals surface area contributed by atoms with E-state index in [0.29, 0.717) is 11.8 Å². The zero-order valence-corrected chi connectivity index (χ0v) is 14.7. The molecule has 0 aromatic heterocycles. The van der Waals surface area contributed by atoms with Crippen LogP contribution in [0, 0.1) is 11.8 Å². The zero-order chi connectivity index (χ0) is 15.9. The second-order valence-corrected chi connectivity index (χ2v) is 7.34. The van der Waals surface area contributed by atoms with E-state index in [2.05, 4.69) is 45.9 Å². The molecule has 1 nitrogen and oxygen atoms in total. The second kappa shape index (κ2) is 8.58. The molecule has 1 heteroatoms. The Morgan fingerprint density at radius 3 is 2.38 bits per heavy atom. The van der Waals surface area contributed by atoms with Crippen LogP contribution in [0.5, 0.6) is 0 Å². The van der Waals surface area contributed by atoms with Crippen molar-refractivity contribution in [3.63, 3.8) is 0 Å². The van der Waals surface area contributed by atoms with Crippen LogP contribution in [-0.4, -0.2) is 10.7 Å². The summed E-state index contributed by atoms with van der Waals surface area (Å²) in [4.78, 5) is 0. The van der Waals surface area contributed by atoms with Gasteiger partial charge in [0.05, 0.1) is 5.60 Å². The Balaban J connectivity index is 2.87. The van der Waals surface area contributed by atoms with Crippen molar-refractivity contribution >= 4 is 0 Å². The first-order chi connectivity index (χ1) is 9.80. The Labute approximate surface area is 131 Å². The molecule has 0 fully saturated rings. The van der Waals surface area contributed by atoms with E-state index < -0.39 is 5.60 Å². The smallest absolute Gasteiger partial charge is 0.0802 e. The van der Waals surface area contributed by atoms with Crippen LogP contribution in [0.25, 0.3) is 0 Å². The molecular formula is C20H34O. The summed E-state index contributed by atoms with van der Waals surface area (Å²) in [5.41, 5.74) is 2.26. The van der Waals surface area contributed by atoms with E-state index >= 15 is 0 Å². The molecule has 1 unspecified atom stereocenters. The van der Waals surface area contributed by atoms with Crippen LogP contribution in [0.1, 0.15) is 73.1 Å². The summed E-state index contributed by atoms with van der Waals surface area (Å²) in [5, 5.41) is 10.5. The van der Waals surface area contributed by atoms with Gasteiger partial charge in [-0.1, -0.05) is 49.3 Å². The Bertz CT molecular complexity index is 396. The Morgan fingerprint density at radius 2 is 1.71 bits per heavy atom. The molecule has 120 valence electrons. The standard InChI is InChI=1S/C20H34O/c1-16(2)19-12-11-18(4)9-6-8-17(3)10-7-14-20(5,21)15-13-19/h9-10,13,15-16,19,21H,6-8,11-12,14H2,1-5H3/b15-13+,17-10+,18-9+/t19-,20?/m1/s1. The maximum atomic E-state index is 10.5. The number of allylic oxidation sites excluding steroid dienone is 5. The van der Waals surface area contributed by atoms with Gasteiger partial charge < -0.3 is 5.11 Å². The van der Waals surface area contributed by atoms with Crippen molar-refractivity contribution in [1.82, 2.24) is 0 Å². The van der Waals surface area contributed by atoms with Gasteiger partial charge in [0.2, 0.25) is 0 Å². The molecule has 1 aliphatic carbocycles. The van der Waals surface area contributed by atoms with Crippen molar-refractivity contribution in [2.45, 2.75) is 78.7 Å². The normalized spacial score (nSPS) is 36.2. The molecule has 0 heterocycles. The van der Waals surface area contributed by atoms with Gasteiger partial charge in [-0.3, -0.25) is 0 Å². The predicted molar refractivity (Wildman–Crippen MR) is 93.3 cm³/mol. The Morgan fingerprint density at radius 1 is 1.10 bits per heavy atom. The molecule has 0 spiro atoms. The molecule has 21 heavy (non-hydrogen) atoms. The van der Waals surface area contributed by atoms with Crippen molar-refractivity contribution in [3.8, 4) is 0 Å². The molecule has 2 atom stereocenters. The molecule has 1 N–H and O–H groups in total. The highest BCUT2D eigenvalue weighted by Crippen LogP contribution is 2.25. The van der Waals surface area contributed by atoms with Crippen LogP contribution in [0.2, 0.25) is 0 Å². The lowest BCUT2D eigenvalue weighted by molar-refractivity contribution is 0.102. The first-order valence-corrected chi connectivity index (χ1v) is 8.53. The average molecular weight is 290 g/mol. The molecule has 0 aromatic carbocycles. The molecular weight excluding hydrogens is 256 g/mol. The van der Waals surface area contributed by atoms with Crippen LogP contribution < -0.4 is 0 Å². The molecule has 0 aliphatic heterocycles. The van der Waals surface area contributed by atoms with Crippen molar-refractivity contribution in [3.05, 3.63) is 35.5 Å². The Hall–Kier alpha value is -0.820. The molecule has 0 bridgehead atoms. The van der Waals surface area contributed by atoms with Gasteiger partial charge in [0, 0.05) is 0 Å². The Kier molecular flexibility index (Phi) is 7.45. The van der Waals surface area contributed by atoms with Gasteiger partial charge in [0.25, 0.3) is 0 Å². The average Bonchev–Trinajstić information content (AvgIpc) is 2.37. The van der Waals surface area contributed by atoms with Gasteiger partial charge in [-0.05, 0) is 71.1 Å². The minimum absolute atomic E-state index is 0.556. The van der Waals surface area contributed by atoms with Gasteiger partial charge in [-0.25, -0.2) is 0 Å². The SMILES string of the molecule is C/C1=C\CCC(C)(O)/C=C/[C@H](C(C)C)CC/C(C)=C/CC1. The molecule has 0 aromatic rings. The minimum Gasteiger partial charge on any atom is -0.386 e. The largest absolute Gasteiger partial charge is 0.386 e. The number of hydrogen-bond acceptors (Lipinski definition) is 1. The van der Waals surface area contributed by atoms with E-state index in [1.165, 1.54) is 17.6 Å². The molecule has 1 aliphatic rings. The third kappa shape index (κ3) is 7.66. The van der Waals surface area contributed by atoms with E-state index in [0.717, 1.165) is 32.1 Å². The zero-order valence-electron chi connectivity index (χ0n) is 14.7. The van der Waals surface area contributed by atoms with E-state index in [-0.39, 0.29) is 0 Å². The van der Waals surface area contributed by atoms with E-state index in [4.69, 9.17) is 0 Å². The van der Waals surface area contributed by atoms with E-state index in [1.807, 2.05) is 13.0 Å². The summed E-state index contributed by atoms with van der Waals surface area (Å²) in [5.74, 6) is 1.18. The number of aliphatic hydroxyl groups is 1. The minimum atomic E-state index is -0.682. The number of rotatable bonds is 1.